The number of pyridine rings is 1. The van der Waals surface area contributed by atoms with Crippen molar-refractivity contribution in [2.24, 2.45) is 5.92 Å². The molecule has 0 radical (unpaired) electrons. The Bertz CT molecular complexity index is 690. The molecule has 24 heavy (non-hydrogen) atoms. The molecule has 2 atom stereocenters. The van der Waals surface area contributed by atoms with Gasteiger partial charge in [-0.25, -0.2) is 0 Å². The molecule has 2 heterocycles. The number of rotatable bonds is 5. The van der Waals surface area contributed by atoms with E-state index < -0.39 is 0 Å². The summed E-state index contributed by atoms with van der Waals surface area (Å²) in [6.45, 7) is 1.31. The van der Waals surface area contributed by atoms with E-state index in [-0.39, 0.29) is 24.3 Å². The third kappa shape index (κ3) is 3.57. The highest BCUT2D eigenvalue weighted by atomic mass is 16.5. The highest BCUT2D eigenvalue weighted by molar-refractivity contribution is 5.79. The molecule has 0 spiro atoms. The fourth-order valence-corrected chi connectivity index (χ4v) is 3.32. The molecular formula is C19H22N2O3. The van der Waals surface area contributed by atoms with Crippen LogP contribution in [0.4, 0.5) is 0 Å². The lowest BCUT2D eigenvalue weighted by molar-refractivity contribution is -0.129. The molecule has 126 valence electrons. The van der Waals surface area contributed by atoms with E-state index in [9.17, 15) is 9.90 Å². The maximum absolute atomic E-state index is 12.6. The van der Waals surface area contributed by atoms with Crippen molar-refractivity contribution < 1.29 is 14.6 Å². The molecular weight excluding hydrogens is 304 g/mol. The number of methoxy groups -OCH3 is 1. The van der Waals surface area contributed by atoms with Crippen LogP contribution in [0.15, 0.2) is 48.8 Å². The van der Waals surface area contributed by atoms with Crippen molar-refractivity contribution in [2.75, 3.05) is 26.8 Å². The third-order valence-corrected chi connectivity index (χ3v) is 4.65. The molecule has 1 N–H and O–H groups in total. The minimum absolute atomic E-state index is 0.0710. The molecule has 0 saturated carbocycles. The van der Waals surface area contributed by atoms with Crippen LogP contribution in [0.5, 0.6) is 5.75 Å². The Morgan fingerprint density at radius 2 is 2.08 bits per heavy atom. The van der Waals surface area contributed by atoms with E-state index in [0.717, 1.165) is 16.9 Å². The molecule has 1 saturated heterocycles. The maximum atomic E-state index is 12.6. The van der Waals surface area contributed by atoms with Gasteiger partial charge in [-0.2, -0.15) is 0 Å². The molecule has 1 amide bonds. The molecule has 1 aliphatic heterocycles. The summed E-state index contributed by atoms with van der Waals surface area (Å²) in [6.07, 6.45) is 3.85. The Hall–Kier alpha value is -2.40. The minimum atomic E-state index is 0.0710. The first-order valence-electron chi connectivity index (χ1n) is 8.12. The number of aromatic nitrogens is 1. The van der Waals surface area contributed by atoms with Gasteiger partial charge >= 0.3 is 0 Å². The van der Waals surface area contributed by atoms with Crippen LogP contribution in [0.2, 0.25) is 0 Å². The summed E-state index contributed by atoms with van der Waals surface area (Å²) in [6, 6.07) is 11.5. The highest BCUT2D eigenvalue weighted by Gasteiger charge is 2.35. The molecule has 2 unspecified atom stereocenters. The van der Waals surface area contributed by atoms with Gasteiger partial charge in [0.1, 0.15) is 5.75 Å². The van der Waals surface area contributed by atoms with Gasteiger partial charge in [-0.1, -0.05) is 12.1 Å². The molecule has 1 aromatic heterocycles. The number of benzene rings is 1. The van der Waals surface area contributed by atoms with Gasteiger partial charge < -0.3 is 14.7 Å². The van der Waals surface area contributed by atoms with Gasteiger partial charge in [0.2, 0.25) is 5.91 Å². The quantitative estimate of drug-likeness (QED) is 0.911. The van der Waals surface area contributed by atoms with Gasteiger partial charge in [0.05, 0.1) is 13.5 Å². The van der Waals surface area contributed by atoms with Gasteiger partial charge in [0.15, 0.2) is 0 Å². The predicted octanol–water partition coefficient (Wildman–Crippen LogP) is 1.87. The van der Waals surface area contributed by atoms with Crippen LogP contribution >= 0.6 is 0 Å². The van der Waals surface area contributed by atoms with Crippen molar-refractivity contribution in [3.05, 3.63) is 59.9 Å². The van der Waals surface area contributed by atoms with Gasteiger partial charge in [0.25, 0.3) is 0 Å². The van der Waals surface area contributed by atoms with E-state index in [1.807, 2.05) is 41.3 Å². The molecule has 5 nitrogen and oxygen atoms in total. The molecule has 0 aliphatic carbocycles. The number of carbonyl (C=O) groups excluding carboxylic acids is 1. The van der Waals surface area contributed by atoms with Crippen LogP contribution in [0.25, 0.3) is 0 Å². The molecule has 2 aromatic rings. The summed E-state index contributed by atoms with van der Waals surface area (Å²) in [5.41, 5.74) is 2.06. The summed E-state index contributed by atoms with van der Waals surface area (Å²) in [5.74, 6) is 1.07. The standard InChI is InChI=1S/C19H22N2O3/c1-24-17-4-2-3-14(9-17)10-19(23)21-11-16(13-22)18(12-21)15-5-7-20-8-6-15/h2-9,16,18,22H,10-13H2,1H3. The Balaban J connectivity index is 1.69. The summed E-state index contributed by atoms with van der Waals surface area (Å²) >= 11 is 0. The Labute approximate surface area is 141 Å². The van der Waals surface area contributed by atoms with E-state index in [1.54, 1.807) is 19.5 Å². The normalized spacial score (nSPS) is 20.2. The number of nitrogens with zero attached hydrogens (tertiary/aromatic N) is 2. The average molecular weight is 326 g/mol. The number of ether oxygens (including phenoxy) is 1. The van der Waals surface area contributed by atoms with Crippen molar-refractivity contribution in [3.8, 4) is 5.75 Å². The zero-order chi connectivity index (χ0) is 16.9. The fourth-order valence-electron chi connectivity index (χ4n) is 3.32. The monoisotopic (exact) mass is 326 g/mol. The number of carbonyl (C=O) groups is 1. The van der Waals surface area contributed by atoms with Crippen LogP contribution in [-0.2, 0) is 11.2 Å². The average Bonchev–Trinajstić information content (AvgIpc) is 3.07. The zero-order valence-corrected chi connectivity index (χ0v) is 13.8. The maximum Gasteiger partial charge on any atom is 0.227 e. The predicted molar refractivity (Wildman–Crippen MR) is 90.8 cm³/mol. The van der Waals surface area contributed by atoms with Gasteiger partial charge in [0, 0.05) is 43.9 Å². The van der Waals surface area contributed by atoms with Crippen LogP contribution in [-0.4, -0.2) is 47.7 Å². The first kappa shape index (κ1) is 16.5. The second kappa shape index (κ2) is 7.45. The van der Waals surface area contributed by atoms with Crippen LogP contribution in [0, 0.1) is 5.92 Å². The zero-order valence-electron chi connectivity index (χ0n) is 13.8. The van der Waals surface area contributed by atoms with Crippen molar-refractivity contribution >= 4 is 5.91 Å². The lowest BCUT2D eigenvalue weighted by atomic mass is 9.90. The summed E-state index contributed by atoms with van der Waals surface area (Å²) in [7, 11) is 1.62. The lowest BCUT2D eigenvalue weighted by Gasteiger charge is -2.17. The van der Waals surface area contributed by atoms with Gasteiger partial charge in [-0.05, 0) is 35.4 Å². The summed E-state index contributed by atoms with van der Waals surface area (Å²) in [4.78, 5) is 18.5. The van der Waals surface area contributed by atoms with Crippen molar-refractivity contribution in [1.82, 2.24) is 9.88 Å². The number of amides is 1. The van der Waals surface area contributed by atoms with Crippen LogP contribution in [0.1, 0.15) is 17.0 Å². The van der Waals surface area contributed by atoms with E-state index >= 15 is 0 Å². The van der Waals surface area contributed by atoms with Crippen LogP contribution < -0.4 is 4.74 Å². The van der Waals surface area contributed by atoms with Crippen molar-refractivity contribution in [2.45, 2.75) is 12.3 Å². The number of hydrogen-bond acceptors (Lipinski definition) is 4. The third-order valence-electron chi connectivity index (χ3n) is 4.65. The summed E-state index contributed by atoms with van der Waals surface area (Å²) in [5, 5.41) is 9.69. The van der Waals surface area contributed by atoms with Gasteiger partial charge in [-0.15, -0.1) is 0 Å². The first-order chi connectivity index (χ1) is 11.7. The molecule has 1 fully saturated rings. The Morgan fingerprint density at radius 3 is 2.79 bits per heavy atom. The lowest BCUT2D eigenvalue weighted by Crippen LogP contribution is -2.30. The summed E-state index contributed by atoms with van der Waals surface area (Å²) < 4.78 is 5.21. The topological polar surface area (TPSA) is 62.7 Å². The first-order valence-corrected chi connectivity index (χ1v) is 8.12. The fraction of sp³-hybridized carbons (Fsp3) is 0.368. The second-order valence-corrected chi connectivity index (χ2v) is 6.16. The SMILES string of the molecule is COc1cccc(CC(=O)N2CC(CO)C(c3ccncc3)C2)c1. The van der Waals surface area contributed by atoms with Crippen molar-refractivity contribution in [3.63, 3.8) is 0 Å². The molecule has 5 heteroatoms. The van der Waals surface area contributed by atoms with E-state index in [0.29, 0.717) is 19.5 Å². The largest absolute Gasteiger partial charge is 0.497 e. The number of likely N-dealkylation sites (tertiary alicyclic amines) is 1. The second-order valence-electron chi connectivity index (χ2n) is 6.16. The van der Waals surface area contributed by atoms with Gasteiger partial charge in [-0.3, -0.25) is 9.78 Å². The van der Waals surface area contributed by atoms with Crippen molar-refractivity contribution in [1.29, 1.82) is 0 Å². The molecule has 1 aromatic carbocycles. The highest BCUT2D eigenvalue weighted by Crippen LogP contribution is 2.32. The number of aliphatic hydroxyl groups is 1. The Morgan fingerprint density at radius 1 is 1.29 bits per heavy atom. The molecule has 3 rings (SSSR count). The smallest absolute Gasteiger partial charge is 0.227 e. The van der Waals surface area contributed by atoms with E-state index in [4.69, 9.17) is 4.74 Å². The number of aliphatic hydroxyl groups excluding tert-OH is 1. The molecule has 1 aliphatic rings. The minimum Gasteiger partial charge on any atom is -0.497 e. The number of hydrogen-bond donors (Lipinski definition) is 1. The van der Waals surface area contributed by atoms with Crippen LogP contribution in [0.3, 0.4) is 0 Å². The van der Waals surface area contributed by atoms with E-state index in [2.05, 4.69) is 4.98 Å². The van der Waals surface area contributed by atoms with E-state index in [1.165, 1.54) is 0 Å². The molecule has 0 bridgehead atoms. The Kier molecular flexibility index (Phi) is 5.11.